The van der Waals surface area contributed by atoms with E-state index >= 15 is 0 Å². The van der Waals surface area contributed by atoms with E-state index in [1.165, 1.54) is 65.7 Å². The van der Waals surface area contributed by atoms with E-state index in [0.717, 1.165) is 27.5 Å². The Hall–Kier alpha value is -6.97. The van der Waals surface area contributed by atoms with Gasteiger partial charge in [0.2, 0.25) is 0 Å². The van der Waals surface area contributed by atoms with Gasteiger partial charge in [0.1, 0.15) is 0 Å². The van der Waals surface area contributed by atoms with Crippen molar-refractivity contribution in [3.63, 3.8) is 0 Å². The standard InChI is InChI=1S/C52H35N3/c1-52(2)46-16-8-7-14-45(46)48-44(15-9-17-47(48)52)34-18-22-35(23-19-34)49-53-50(38-26-28-42-36(30-38)24-20-32-10-3-5-12-40(32)42)55-51(54-49)39-27-29-43-37(31-39)25-21-33-11-4-6-13-41(33)43/h3-31H,1-2H3. The molecule has 0 aliphatic heterocycles. The Morgan fingerprint density at radius 2 is 0.764 bits per heavy atom. The van der Waals surface area contributed by atoms with Gasteiger partial charge in [-0.15, -0.1) is 0 Å². The molecule has 10 aromatic rings. The number of fused-ring (bicyclic) bond motifs is 9. The monoisotopic (exact) mass is 701 g/mol. The molecule has 3 nitrogen and oxygen atoms in total. The Morgan fingerprint density at radius 3 is 1.38 bits per heavy atom. The average Bonchev–Trinajstić information content (AvgIpc) is 3.49. The van der Waals surface area contributed by atoms with Crippen LogP contribution >= 0.6 is 0 Å². The first-order chi connectivity index (χ1) is 27.0. The van der Waals surface area contributed by atoms with Gasteiger partial charge in [-0.25, -0.2) is 15.0 Å². The van der Waals surface area contributed by atoms with Crippen molar-refractivity contribution in [2.45, 2.75) is 19.3 Å². The molecule has 1 aromatic heterocycles. The second kappa shape index (κ2) is 12.0. The maximum absolute atomic E-state index is 5.16. The minimum Gasteiger partial charge on any atom is -0.208 e. The van der Waals surface area contributed by atoms with Crippen LogP contribution in [0.4, 0.5) is 0 Å². The first-order valence-corrected chi connectivity index (χ1v) is 18.9. The van der Waals surface area contributed by atoms with Crippen LogP contribution in [-0.4, -0.2) is 15.0 Å². The molecule has 0 fully saturated rings. The van der Waals surface area contributed by atoms with Crippen molar-refractivity contribution < 1.29 is 0 Å². The molecule has 11 rings (SSSR count). The third-order valence-corrected chi connectivity index (χ3v) is 11.7. The van der Waals surface area contributed by atoms with Gasteiger partial charge in [0.05, 0.1) is 0 Å². The van der Waals surface area contributed by atoms with Gasteiger partial charge < -0.3 is 0 Å². The second-order valence-electron chi connectivity index (χ2n) is 15.2. The Bertz CT molecular complexity index is 3040. The summed E-state index contributed by atoms with van der Waals surface area (Å²) in [5, 5.41) is 9.68. The fourth-order valence-electron chi connectivity index (χ4n) is 8.86. The van der Waals surface area contributed by atoms with Gasteiger partial charge >= 0.3 is 0 Å². The zero-order valence-electron chi connectivity index (χ0n) is 30.6. The molecule has 0 N–H and O–H groups in total. The molecule has 1 aliphatic rings. The molecule has 0 bridgehead atoms. The molecular weight excluding hydrogens is 667 g/mol. The van der Waals surface area contributed by atoms with Crippen LogP contribution in [0.2, 0.25) is 0 Å². The number of aromatic nitrogens is 3. The van der Waals surface area contributed by atoms with Gasteiger partial charge in [0.15, 0.2) is 17.5 Å². The van der Waals surface area contributed by atoms with Crippen molar-refractivity contribution in [2.75, 3.05) is 0 Å². The molecule has 258 valence electrons. The molecule has 0 amide bonds. The summed E-state index contributed by atoms with van der Waals surface area (Å²) in [5.41, 5.74) is 10.6. The predicted octanol–water partition coefficient (Wildman–Crippen LogP) is 13.5. The van der Waals surface area contributed by atoms with Crippen LogP contribution in [0, 0.1) is 0 Å². The summed E-state index contributed by atoms with van der Waals surface area (Å²) in [6.45, 7) is 4.66. The van der Waals surface area contributed by atoms with Crippen molar-refractivity contribution in [1.29, 1.82) is 0 Å². The van der Waals surface area contributed by atoms with Crippen molar-refractivity contribution in [3.8, 4) is 56.4 Å². The SMILES string of the molecule is CC1(C)c2ccccc2-c2c(-c3ccc(-c4nc(-c5ccc6c(ccc7ccccc76)c5)nc(-c5ccc6c(ccc7ccccc76)c5)n4)cc3)cccc21. The van der Waals surface area contributed by atoms with Crippen molar-refractivity contribution in [2.24, 2.45) is 0 Å². The highest BCUT2D eigenvalue weighted by atomic mass is 15.0. The van der Waals surface area contributed by atoms with E-state index in [1.807, 2.05) is 0 Å². The van der Waals surface area contributed by atoms with Gasteiger partial charge in [0.25, 0.3) is 0 Å². The van der Waals surface area contributed by atoms with E-state index in [1.54, 1.807) is 0 Å². The molecule has 1 heterocycles. The fourth-order valence-corrected chi connectivity index (χ4v) is 8.86. The van der Waals surface area contributed by atoms with Crippen molar-refractivity contribution in [3.05, 3.63) is 187 Å². The molecule has 0 saturated carbocycles. The lowest BCUT2D eigenvalue weighted by atomic mass is 9.82. The highest BCUT2D eigenvalue weighted by Crippen LogP contribution is 2.52. The summed E-state index contributed by atoms with van der Waals surface area (Å²) in [4.78, 5) is 15.5. The molecule has 1 aliphatic carbocycles. The zero-order valence-corrected chi connectivity index (χ0v) is 30.6. The fraction of sp³-hybridized carbons (Fsp3) is 0.0577. The van der Waals surface area contributed by atoms with E-state index in [2.05, 4.69) is 190 Å². The number of hydrogen-bond acceptors (Lipinski definition) is 3. The molecule has 9 aromatic carbocycles. The van der Waals surface area contributed by atoms with Gasteiger partial charge in [-0.2, -0.15) is 0 Å². The normalized spacial score (nSPS) is 13.1. The molecular formula is C52H35N3. The molecule has 0 radical (unpaired) electrons. The number of benzene rings is 9. The summed E-state index contributed by atoms with van der Waals surface area (Å²) in [6.07, 6.45) is 0. The van der Waals surface area contributed by atoms with E-state index in [0.29, 0.717) is 17.5 Å². The lowest BCUT2D eigenvalue weighted by Crippen LogP contribution is -2.14. The average molecular weight is 702 g/mol. The Morgan fingerprint density at radius 1 is 0.327 bits per heavy atom. The van der Waals surface area contributed by atoms with E-state index in [-0.39, 0.29) is 5.41 Å². The molecule has 0 spiro atoms. The second-order valence-corrected chi connectivity index (χ2v) is 15.2. The van der Waals surface area contributed by atoms with Crippen LogP contribution in [-0.2, 0) is 5.41 Å². The van der Waals surface area contributed by atoms with Crippen LogP contribution in [0.15, 0.2) is 176 Å². The van der Waals surface area contributed by atoms with Crippen LogP contribution in [0.3, 0.4) is 0 Å². The first-order valence-electron chi connectivity index (χ1n) is 18.9. The lowest BCUT2D eigenvalue weighted by Gasteiger charge is -2.21. The largest absolute Gasteiger partial charge is 0.208 e. The predicted molar refractivity (Wildman–Crippen MR) is 229 cm³/mol. The summed E-state index contributed by atoms with van der Waals surface area (Å²) in [5.74, 6) is 1.95. The van der Waals surface area contributed by atoms with E-state index < -0.39 is 0 Å². The Labute approximate surface area is 319 Å². The quantitative estimate of drug-likeness (QED) is 0.171. The van der Waals surface area contributed by atoms with Crippen molar-refractivity contribution >= 4 is 43.1 Å². The molecule has 3 heteroatoms. The Kier molecular flexibility index (Phi) is 6.90. The molecule has 0 unspecified atom stereocenters. The smallest absolute Gasteiger partial charge is 0.164 e. The van der Waals surface area contributed by atoms with Crippen LogP contribution in [0.1, 0.15) is 25.0 Å². The van der Waals surface area contributed by atoms with Crippen LogP contribution in [0.5, 0.6) is 0 Å². The molecule has 55 heavy (non-hydrogen) atoms. The number of nitrogens with zero attached hydrogens (tertiary/aromatic N) is 3. The third kappa shape index (κ3) is 5.01. The number of hydrogen-bond donors (Lipinski definition) is 0. The van der Waals surface area contributed by atoms with Crippen LogP contribution in [0.25, 0.3) is 99.5 Å². The summed E-state index contributed by atoms with van der Waals surface area (Å²) < 4.78 is 0. The van der Waals surface area contributed by atoms with Crippen LogP contribution < -0.4 is 0 Å². The minimum atomic E-state index is -0.0503. The highest BCUT2D eigenvalue weighted by molar-refractivity contribution is 6.09. The van der Waals surface area contributed by atoms with Crippen molar-refractivity contribution in [1.82, 2.24) is 15.0 Å². The Balaban J connectivity index is 1.05. The summed E-state index contributed by atoms with van der Waals surface area (Å²) in [6, 6.07) is 63.2. The number of rotatable bonds is 4. The van der Waals surface area contributed by atoms with Gasteiger partial charge in [0, 0.05) is 22.1 Å². The third-order valence-electron chi connectivity index (χ3n) is 11.7. The zero-order chi connectivity index (χ0) is 36.7. The summed E-state index contributed by atoms with van der Waals surface area (Å²) in [7, 11) is 0. The van der Waals surface area contributed by atoms with E-state index in [4.69, 9.17) is 15.0 Å². The maximum atomic E-state index is 5.16. The van der Waals surface area contributed by atoms with Gasteiger partial charge in [-0.1, -0.05) is 178 Å². The topological polar surface area (TPSA) is 38.7 Å². The minimum absolute atomic E-state index is 0.0503. The lowest BCUT2D eigenvalue weighted by molar-refractivity contribution is 0.660. The van der Waals surface area contributed by atoms with Gasteiger partial charge in [-0.05, 0) is 88.6 Å². The van der Waals surface area contributed by atoms with Gasteiger partial charge in [-0.3, -0.25) is 0 Å². The highest BCUT2D eigenvalue weighted by Gasteiger charge is 2.36. The maximum Gasteiger partial charge on any atom is 0.164 e. The first kappa shape index (κ1) is 31.5. The van der Waals surface area contributed by atoms with E-state index in [9.17, 15) is 0 Å². The molecule has 0 saturated heterocycles. The summed E-state index contributed by atoms with van der Waals surface area (Å²) >= 11 is 0. The molecule has 0 atom stereocenters.